The van der Waals surface area contributed by atoms with Gasteiger partial charge in [0, 0.05) is 23.3 Å². The average molecular weight is 404 g/mol. The Morgan fingerprint density at radius 2 is 2.08 bits per heavy atom. The van der Waals surface area contributed by atoms with Crippen LogP contribution in [0.25, 0.3) is 0 Å². The highest BCUT2D eigenvalue weighted by molar-refractivity contribution is 9.10. The maximum absolute atomic E-state index is 12.7. The number of piperidine rings is 1. The van der Waals surface area contributed by atoms with Gasteiger partial charge in [0.15, 0.2) is 0 Å². The van der Waals surface area contributed by atoms with E-state index in [9.17, 15) is 9.59 Å². The van der Waals surface area contributed by atoms with E-state index < -0.39 is 11.9 Å². The Morgan fingerprint density at radius 1 is 1.24 bits per heavy atom. The Hall–Kier alpha value is -2.41. The van der Waals surface area contributed by atoms with E-state index in [1.165, 1.54) is 11.1 Å². The Morgan fingerprint density at radius 3 is 2.76 bits per heavy atom. The zero-order valence-electron chi connectivity index (χ0n) is 13.5. The van der Waals surface area contributed by atoms with Crippen LogP contribution in [-0.4, -0.2) is 34.3 Å². The zero-order chi connectivity index (χ0) is 17.8. The summed E-state index contributed by atoms with van der Waals surface area (Å²) in [6.07, 6.45) is 3.84. The van der Waals surface area contributed by atoms with Crippen molar-refractivity contribution in [3.05, 3.63) is 52.6 Å². The minimum absolute atomic E-state index is 0.231. The van der Waals surface area contributed by atoms with E-state index in [1.807, 2.05) is 24.3 Å². The molecule has 1 aliphatic heterocycles. The summed E-state index contributed by atoms with van der Waals surface area (Å²) in [5.74, 6) is 0.339. The Balaban J connectivity index is 1.73. The van der Waals surface area contributed by atoms with Crippen LogP contribution >= 0.6 is 15.9 Å². The first-order chi connectivity index (χ1) is 12.0. The number of hydrogen-bond donors (Lipinski definition) is 1. The molecule has 2 heterocycles. The van der Waals surface area contributed by atoms with Gasteiger partial charge in [0.1, 0.15) is 11.8 Å². The molecule has 7 heteroatoms. The van der Waals surface area contributed by atoms with Crippen molar-refractivity contribution in [3.63, 3.8) is 0 Å². The number of carbonyl (C=O) groups excluding carboxylic acids is 2. The lowest BCUT2D eigenvalue weighted by molar-refractivity contribution is -0.123. The summed E-state index contributed by atoms with van der Waals surface area (Å²) in [5.41, 5.74) is 5.84. The molecule has 2 N–H and O–H groups in total. The maximum atomic E-state index is 12.7. The second-order valence-corrected chi connectivity index (χ2v) is 6.77. The molecule has 0 aliphatic carbocycles. The highest BCUT2D eigenvalue weighted by atomic mass is 79.9. The molecule has 2 aromatic rings. The topological polar surface area (TPSA) is 85.5 Å². The van der Waals surface area contributed by atoms with Crippen LogP contribution in [0.1, 0.15) is 29.6 Å². The van der Waals surface area contributed by atoms with Crippen molar-refractivity contribution < 1.29 is 14.3 Å². The lowest BCUT2D eigenvalue weighted by Gasteiger charge is -2.33. The molecule has 0 saturated carbocycles. The molecule has 0 radical (unpaired) electrons. The van der Waals surface area contributed by atoms with Crippen LogP contribution in [0.5, 0.6) is 11.6 Å². The van der Waals surface area contributed by atoms with E-state index in [1.54, 1.807) is 12.1 Å². The van der Waals surface area contributed by atoms with E-state index in [4.69, 9.17) is 10.5 Å². The summed E-state index contributed by atoms with van der Waals surface area (Å²) < 4.78 is 6.56. The highest BCUT2D eigenvalue weighted by Crippen LogP contribution is 2.24. The minimum Gasteiger partial charge on any atom is -0.439 e. The third kappa shape index (κ3) is 4.17. The van der Waals surface area contributed by atoms with Gasteiger partial charge in [0.05, 0.1) is 5.56 Å². The molecular weight excluding hydrogens is 386 g/mol. The number of nitrogens with zero attached hydrogens (tertiary/aromatic N) is 2. The van der Waals surface area contributed by atoms with Gasteiger partial charge in [0.2, 0.25) is 11.8 Å². The lowest BCUT2D eigenvalue weighted by atomic mass is 10.0. The smallest absolute Gasteiger partial charge is 0.256 e. The molecule has 1 aliphatic rings. The van der Waals surface area contributed by atoms with E-state index >= 15 is 0 Å². The standard InChI is InChI=1S/C18H18BrN3O3/c19-13-4-3-5-14(10-13)25-16-8-7-12(11-21-16)18(24)22-9-2-1-6-15(22)17(20)23/h3-5,7-8,10-11,15H,1-2,6,9H2,(H2,20,23). The van der Waals surface area contributed by atoms with Crippen molar-refractivity contribution >= 4 is 27.7 Å². The molecule has 0 bridgehead atoms. The van der Waals surface area contributed by atoms with E-state index in [0.717, 1.165) is 17.3 Å². The molecule has 1 unspecified atom stereocenters. The molecule has 6 nitrogen and oxygen atoms in total. The molecular formula is C18H18BrN3O3. The molecule has 1 fully saturated rings. The Bertz CT molecular complexity index is 779. The predicted octanol–water partition coefficient (Wildman–Crippen LogP) is 3.12. The number of nitrogens with two attached hydrogens (primary N) is 1. The molecule has 2 amide bonds. The van der Waals surface area contributed by atoms with Crippen molar-refractivity contribution in [2.24, 2.45) is 5.73 Å². The van der Waals surface area contributed by atoms with Gasteiger partial charge in [-0.2, -0.15) is 0 Å². The first kappa shape index (κ1) is 17.4. The van der Waals surface area contributed by atoms with Crippen LogP contribution in [-0.2, 0) is 4.79 Å². The first-order valence-electron chi connectivity index (χ1n) is 8.04. The maximum Gasteiger partial charge on any atom is 0.256 e. The van der Waals surface area contributed by atoms with Gasteiger partial charge in [0.25, 0.3) is 5.91 Å². The highest BCUT2D eigenvalue weighted by Gasteiger charge is 2.31. The van der Waals surface area contributed by atoms with Gasteiger partial charge in [-0.25, -0.2) is 4.98 Å². The van der Waals surface area contributed by atoms with Crippen molar-refractivity contribution in [3.8, 4) is 11.6 Å². The van der Waals surface area contributed by atoms with Gasteiger partial charge in [-0.15, -0.1) is 0 Å². The number of primary amides is 1. The third-order valence-electron chi connectivity index (χ3n) is 4.09. The number of likely N-dealkylation sites (tertiary alicyclic amines) is 1. The van der Waals surface area contributed by atoms with Gasteiger partial charge < -0.3 is 15.4 Å². The monoisotopic (exact) mass is 403 g/mol. The fraction of sp³-hybridized carbons (Fsp3) is 0.278. The second-order valence-electron chi connectivity index (χ2n) is 5.86. The summed E-state index contributed by atoms with van der Waals surface area (Å²) in [6.45, 7) is 0.530. The van der Waals surface area contributed by atoms with Crippen molar-refractivity contribution in [2.45, 2.75) is 25.3 Å². The number of rotatable bonds is 4. The average Bonchev–Trinajstić information content (AvgIpc) is 2.62. The van der Waals surface area contributed by atoms with Crippen LogP contribution in [0.4, 0.5) is 0 Å². The number of amides is 2. The van der Waals surface area contributed by atoms with Crippen LogP contribution in [0.15, 0.2) is 47.1 Å². The number of pyridine rings is 1. The quantitative estimate of drug-likeness (QED) is 0.849. The van der Waals surface area contributed by atoms with Gasteiger partial charge in [-0.3, -0.25) is 9.59 Å². The third-order valence-corrected chi connectivity index (χ3v) is 4.59. The van der Waals surface area contributed by atoms with E-state index in [2.05, 4.69) is 20.9 Å². The fourth-order valence-electron chi connectivity index (χ4n) is 2.85. The number of benzene rings is 1. The minimum atomic E-state index is -0.543. The molecule has 0 spiro atoms. The molecule has 25 heavy (non-hydrogen) atoms. The molecule has 1 saturated heterocycles. The van der Waals surface area contributed by atoms with Crippen molar-refractivity contribution in [1.29, 1.82) is 0 Å². The number of aromatic nitrogens is 1. The normalized spacial score (nSPS) is 17.2. The molecule has 1 atom stereocenters. The number of halogens is 1. The molecule has 3 rings (SSSR count). The largest absolute Gasteiger partial charge is 0.439 e. The summed E-state index contributed by atoms with van der Waals surface area (Å²) in [6, 6.07) is 10.1. The summed E-state index contributed by atoms with van der Waals surface area (Å²) in [5, 5.41) is 0. The SMILES string of the molecule is NC(=O)C1CCCCN1C(=O)c1ccc(Oc2cccc(Br)c2)nc1. The zero-order valence-corrected chi connectivity index (χ0v) is 15.1. The van der Waals surface area contributed by atoms with Crippen LogP contribution < -0.4 is 10.5 Å². The lowest BCUT2D eigenvalue weighted by Crippen LogP contribution is -2.50. The first-order valence-corrected chi connectivity index (χ1v) is 8.83. The van der Waals surface area contributed by atoms with Gasteiger partial charge in [-0.05, 0) is 43.5 Å². The summed E-state index contributed by atoms with van der Waals surface area (Å²) in [7, 11) is 0. The second kappa shape index (κ2) is 7.65. The molecule has 1 aromatic heterocycles. The predicted molar refractivity (Wildman–Crippen MR) is 96.3 cm³/mol. The molecule has 130 valence electrons. The van der Waals surface area contributed by atoms with Crippen molar-refractivity contribution in [2.75, 3.05) is 6.54 Å². The van der Waals surface area contributed by atoms with Crippen molar-refractivity contribution in [1.82, 2.24) is 9.88 Å². The summed E-state index contributed by atoms with van der Waals surface area (Å²) >= 11 is 3.38. The van der Waals surface area contributed by atoms with Gasteiger partial charge >= 0.3 is 0 Å². The van der Waals surface area contributed by atoms with Crippen LogP contribution in [0.3, 0.4) is 0 Å². The number of hydrogen-bond acceptors (Lipinski definition) is 4. The fourth-order valence-corrected chi connectivity index (χ4v) is 3.23. The van der Waals surface area contributed by atoms with E-state index in [0.29, 0.717) is 30.2 Å². The Labute approximate surface area is 154 Å². The molecule has 1 aromatic carbocycles. The van der Waals surface area contributed by atoms with Gasteiger partial charge in [-0.1, -0.05) is 22.0 Å². The summed E-state index contributed by atoms with van der Waals surface area (Å²) in [4.78, 5) is 30.0. The number of carbonyl (C=O) groups is 2. The Kier molecular flexibility index (Phi) is 5.33. The van der Waals surface area contributed by atoms with Crippen LogP contribution in [0.2, 0.25) is 0 Å². The van der Waals surface area contributed by atoms with Crippen LogP contribution in [0, 0.1) is 0 Å². The number of ether oxygens (including phenoxy) is 1. The van der Waals surface area contributed by atoms with E-state index in [-0.39, 0.29) is 5.91 Å².